The van der Waals surface area contributed by atoms with Gasteiger partial charge in [-0.05, 0) is 30.7 Å². The summed E-state index contributed by atoms with van der Waals surface area (Å²) in [6.45, 7) is -1.05. The smallest absolute Gasteiger partial charge is 0.387 e. The van der Waals surface area contributed by atoms with E-state index in [2.05, 4.69) is 20.3 Å². The van der Waals surface area contributed by atoms with Gasteiger partial charge in [-0.3, -0.25) is 9.89 Å². The second-order valence-corrected chi connectivity index (χ2v) is 4.99. The molecule has 0 fully saturated rings. The molecular weight excluding hydrogens is 308 g/mol. The molecule has 0 aliphatic heterocycles. The molecular formula is C15H17F2N3O3. The lowest BCUT2D eigenvalue weighted by molar-refractivity contribution is -0.121. The number of nitrogens with zero attached hydrogens (tertiary/aromatic N) is 1. The van der Waals surface area contributed by atoms with Gasteiger partial charge < -0.3 is 15.2 Å². The monoisotopic (exact) mass is 325 g/mol. The number of rotatable bonds is 7. The Bertz CT molecular complexity index is 644. The lowest BCUT2D eigenvalue weighted by atomic mass is 10.1. The van der Waals surface area contributed by atoms with Gasteiger partial charge in [0.05, 0.1) is 18.2 Å². The molecule has 124 valence electrons. The number of benzene rings is 1. The Labute approximate surface area is 131 Å². The highest BCUT2D eigenvalue weighted by atomic mass is 19.3. The van der Waals surface area contributed by atoms with E-state index in [4.69, 9.17) is 0 Å². The van der Waals surface area contributed by atoms with E-state index in [-0.39, 0.29) is 24.6 Å². The molecule has 3 N–H and O–H groups in total. The fourth-order valence-electron chi connectivity index (χ4n) is 1.99. The Morgan fingerprint density at radius 1 is 1.39 bits per heavy atom. The Morgan fingerprint density at radius 2 is 2.09 bits per heavy atom. The van der Waals surface area contributed by atoms with Crippen molar-refractivity contribution in [2.75, 3.05) is 6.54 Å². The quantitative estimate of drug-likeness (QED) is 0.723. The summed E-state index contributed by atoms with van der Waals surface area (Å²) in [6, 6.07) is 7.35. The van der Waals surface area contributed by atoms with E-state index in [0.717, 1.165) is 5.69 Å². The minimum Gasteiger partial charge on any atom is -0.435 e. The number of aromatic amines is 1. The Morgan fingerprint density at radius 3 is 2.65 bits per heavy atom. The average Bonchev–Trinajstić information content (AvgIpc) is 2.90. The van der Waals surface area contributed by atoms with Crippen molar-refractivity contribution in [1.29, 1.82) is 0 Å². The molecule has 2 rings (SSSR count). The molecule has 1 heterocycles. The molecule has 1 aromatic carbocycles. The average molecular weight is 325 g/mol. The van der Waals surface area contributed by atoms with Crippen LogP contribution in [-0.4, -0.2) is 34.4 Å². The Balaban J connectivity index is 1.81. The van der Waals surface area contributed by atoms with Crippen molar-refractivity contribution in [3.8, 4) is 5.75 Å². The molecule has 1 aromatic heterocycles. The number of carbonyl (C=O) groups excluding carboxylic acids is 1. The van der Waals surface area contributed by atoms with E-state index in [1.807, 2.05) is 6.92 Å². The maximum atomic E-state index is 12.0. The number of carbonyl (C=O) groups is 1. The van der Waals surface area contributed by atoms with Crippen LogP contribution in [0.5, 0.6) is 5.75 Å². The van der Waals surface area contributed by atoms with Crippen LogP contribution in [0, 0.1) is 6.92 Å². The molecule has 0 radical (unpaired) electrons. The molecule has 0 aliphatic carbocycles. The van der Waals surface area contributed by atoms with Crippen molar-refractivity contribution in [3.05, 3.63) is 47.3 Å². The number of hydrogen-bond acceptors (Lipinski definition) is 4. The van der Waals surface area contributed by atoms with Gasteiger partial charge in [0.25, 0.3) is 0 Å². The molecule has 23 heavy (non-hydrogen) atoms. The van der Waals surface area contributed by atoms with Crippen LogP contribution >= 0.6 is 0 Å². The number of aliphatic hydroxyl groups is 1. The highest BCUT2D eigenvalue weighted by Gasteiger charge is 2.12. The second kappa shape index (κ2) is 7.68. The second-order valence-electron chi connectivity index (χ2n) is 4.99. The van der Waals surface area contributed by atoms with E-state index < -0.39 is 12.7 Å². The third kappa shape index (κ3) is 5.33. The zero-order chi connectivity index (χ0) is 16.8. The Kier molecular flexibility index (Phi) is 5.64. The maximum Gasteiger partial charge on any atom is 0.387 e. The predicted octanol–water partition coefficient (Wildman–Crippen LogP) is 1.71. The first-order chi connectivity index (χ1) is 10.9. The van der Waals surface area contributed by atoms with Gasteiger partial charge in [-0.2, -0.15) is 13.9 Å². The number of aliphatic hydroxyl groups excluding tert-OH is 1. The van der Waals surface area contributed by atoms with Crippen LogP contribution in [0.25, 0.3) is 0 Å². The first-order valence-corrected chi connectivity index (χ1v) is 6.94. The number of hydrogen-bond donors (Lipinski definition) is 3. The van der Waals surface area contributed by atoms with Crippen LogP contribution in [0.1, 0.15) is 23.1 Å². The molecule has 0 saturated heterocycles. The van der Waals surface area contributed by atoms with E-state index in [1.165, 1.54) is 24.3 Å². The minimum atomic E-state index is -2.89. The standard InChI is InChI=1S/C15H17F2N3O3/c1-9-6-11(20-19-9)7-14(22)18-8-13(21)10-2-4-12(5-3-10)23-15(16)17/h2-6,13,15,21H,7-8H2,1H3,(H,18,22)(H,19,20)/t13-/m0/s1. The molecule has 8 heteroatoms. The molecule has 0 aliphatic rings. The summed E-state index contributed by atoms with van der Waals surface area (Å²) in [5.41, 5.74) is 1.96. The number of aromatic nitrogens is 2. The van der Waals surface area contributed by atoms with Crippen molar-refractivity contribution < 1.29 is 23.4 Å². The van der Waals surface area contributed by atoms with E-state index in [9.17, 15) is 18.7 Å². The van der Waals surface area contributed by atoms with E-state index in [0.29, 0.717) is 11.3 Å². The molecule has 6 nitrogen and oxygen atoms in total. The highest BCUT2D eigenvalue weighted by molar-refractivity contribution is 5.78. The number of halogens is 2. The maximum absolute atomic E-state index is 12.0. The summed E-state index contributed by atoms with van der Waals surface area (Å²) in [7, 11) is 0. The largest absolute Gasteiger partial charge is 0.435 e. The summed E-state index contributed by atoms with van der Waals surface area (Å²) >= 11 is 0. The third-order valence-electron chi connectivity index (χ3n) is 3.08. The van der Waals surface area contributed by atoms with Crippen LogP contribution in [-0.2, 0) is 11.2 Å². The zero-order valence-electron chi connectivity index (χ0n) is 12.4. The van der Waals surface area contributed by atoms with Gasteiger partial charge >= 0.3 is 6.61 Å². The summed E-state index contributed by atoms with van der Waals surface area (Å²) in [6.07, 6.45) is -0.835. The number of amides is 1. The van der Waals surface area contributed by atoms with Gasteiger partial charge in [-0.15, -0.1) is 0 Å². The lowest BCUT2D eigenvalue weighted by Crippen LogP contribution is -2.29. The predicted molar refractivity (Wildman–Crippen MR) is 78.1 cm³/mol. The first-order valence-electron chi connectivity index (χ1n) is 6.94. The number of ether oxygens (including phenoxy) is 1. The fraction of sp³-hybridized carbons (Fsp3) is 0.333. The van der Waals surface area contributed by atoms with Crippen molar-refractivity contribution in [3.63, 3.8) is 0 Å². The summed E-state index contributed by atoms with van der Waals surface area (Å²) in [4.78, 5) is 11.8. The van der Waals surface area contributed by atoms with Crippen LogP contribution in [0.15, 0.2) is 30.3 Å². The van der Waals surface area contributed by atoms with Gasteiger partial charge in [0.1, 0.15) is 5.75 Å². The lowest BCUT2D eigenvalue weighted by Gasteiger charge is -2.13. The zero-order valence-corrected chi connectivity index (χ0v) is 12.4. The summed E-state index contributed by atoms with van der Waals surface area (Å²) < 4.78 is 28.3. The van der Waals surface area contributed by atoms with Crippen LogP contribution < -0.4 is 10.1 Å². The van der Waals surface area contributed by atoms with Crippen LogP contribution in [0.3, 0.4) is 0 Å². The third-order valence-corrected chi connectivity index (χ3v) is 3.08. The summed E-state index contributed by atoms with van der Waals surface area (Å²) in [5, 5.41) is 19.3. The fourth-order valence-corrected chi connectivity index (χ4v) is 1.99. The van der Waals surface area contributed by atoms with Gasteiger partial charge in [0.15, 0.2) is 0 Å². The van der Waals surface area contributed by atoms with Crippen molar-refractivity contribution in [2.45, 2.75) is 26.1 Å². The van der Waals surface area contributed by atoms with Crippen molar-refractivity contribution in [2.24, 2.45) is 0 Å². The van der Waals surface area contributed by atoms with Gasteiger partial charge in [0, 0.05) is 12.2 Å². The number of nitrogens with one attached hydrogen (secondary N) is 2. The van der Waals surface area contributed by atoms with E-state index in [1.54, 1.807) is 6.07 Å². The van der Waals surface area contributed by atoms with Crippen LogP contribution in [0.2, 0.25) is 0 Å². The number of alkyl halides is 2. The van der Waals surface area contributed by atoms with Crippen molar-refractivity contribution in [1.82, 2.24) is 15.5 Å². The SMILES string of the molecule is Cc1cc(CC(=O)NC[C@H](O)c2ccc(OC(F)F)cc2)n[nH]1. The molecule has 1 amide bonds. The van der Waals surface area contributed by atoms with Crippen LogP contribution in [0.4, 0.5) is 8.78 Å². The van der Waals surface area contributed by atoms with Gasteiger partial charge in [0.2, 0.25) is 5.91 Å². The number of H-pyrrole nitrogens is 1. The Hall–Kier alpha value is -2.48. The van der Waals surface area contributed by atoms with Gasteiger partial charge in [-0.1, -0.05) is 12.1 Å². The first kappa shape index (κ1) is 16.9. The van der Waals surface area contributed by atoms with E-state index >= 15 is 0 Å². The summed E-state index contributed by atoms with van der Waals surface area (Å²) in [5.74, 6) is -0.262. The van der Waals surface area contributed by atoms with Gasteiger partial charge in [-0.25, -0.2) is 0 Å². The minimum absolute atomic E-state index is 0.00823. The number of aryl methyl sites for hydroxylation is 1. The molecule has 2 aromatic rings. The molecule has 0 spiro atoms. The normalized spacial score (nSPS) is 12.2. The molecule has 0 unspecified atom stereocenters. The topological polar surface area (TPSA) is 87.2 Å². The molecule has 0 saturated carbocycles. The highest BCUT2D eigenvalue weighted by Crippen LogP contribution is 2.19. The molecule has 0 bridgehead atoms. The molecule has 1 atom stereocenters. The van der Waals surface area contributed by atoms with Crippen molar-refractivity contribution >= 4 is 5.91 Å².